The van der Waals surface area contributed by atoms with Crippen LogP contribution in [0.25, 0.3) is 0 Å². The molecule has 0 aliphatic rings. The molecule has 0 radical (unpaired) electrons. The fraction of sp³-hybridized carbons (Fsp3) is 0.167. The largest absolute Gasteiger partial charge is 1.00 e. The van der Waals surface area contributed by atoms with Gasteiger partial charge in [0.05, 0.1) is 6.54 Å². The first-order chi connectivity index (χ1) is 4.79. The van der Waals surface area contributed by atoms with Crippen molar-refractivity contribution in [2.24, 2.45) is 0 Å². The summed E-state index contributed by atoms with van der Waals surface area (Å²) in [7, 11) is 0. The molecule has 0 aromatic carbocycles. The average molecular weight is 209 g/mol. The molecule has 0 spiro atoms. The van der Waals surface area contributed by atoms with Gasteiger partial charge in [-0.2, -0.15) is 0 Å². The minimum Gasteiger partial charge on any atom is -1.00 e. The van der Waals surface area contributed by atoms with Gasteiger partial charge in [-0.05, 0) is 11.4 Å². The molecule has 4 N–H and O–H groups in total. The summed E-state index contributed by atoms with van der Waals surface area (Å²) in [4.78, 5) is 1.28. The number of quaternary nitrogens is 1. The Bertz CT molecular complexity index is 210. The molecule has 62 valence electrons. The van der Waals surface area contributed by atoms with Gasteiger partial charge in [0, 0.05) is 17.1 Å². The lowest BCUT2D eigenvalue weighted by Gasteiger charge is -1.95. The van der Waals surface area contributed by atoms with Crippen molar-refractivity contribution in [3.05, 3.63) is 22.4 Å². The SMILES string of the molecule is [Cl-].[NH3+]C(=S)NCc1cccs1. The number of hydrogen-bond donors (Lipinski definition) is 2. The second-order valence-corrected chi connectivity index (χ2v) is 3.38. The highest BCUT2D eigenvalue weighted by molar-refractivity contribution is 7.79. The van der Waals surface area contributed by atoms with E-state index in [2.05, 4.69) is 17.1 Å². The summed E-state index contributed by atoms with van der Waals surface area (Å²) in [6, 6.07) is 4.09. The molecule has 0 aliphatic carbocycles. The lowest BCUT2D eigenvalue weighted by molar-refractivity contribution is -0.215. The molecular formula is C6H9ClN2S2. The Morgan fingerprint density at radius 1 is 1.73 bits per heavy atom. The second-order valence-electron chi connectivity index (χ2n) is 1.86. The third-order valence-electron chi connectivity index (χ3n) is 1.04. The molecule has 0 saturated carbocycles. The first-order valence-corrected chi connectivity index (χ1v) is 4.20. The van der Waals surface area contributed by atoms with Crippen LogP contribution in [0, 0.1) is 0 Å². The summed E-state index contributed by atoms with van der Waals surface area (Å²) < 4.78 is 0. The molecule has 5 heteroatoms. The minimum absolute atomic E-state index is 0. The monoisotopic (exact) mass is 208 g/mol. The van der Waals surface area contributed by atoms with Gasteiger partial charge in [0.15, 0.2) is 0 Å². The maximum atomic E-state index is 4.75. The van der Waals surface area contributed by atoms with Gasteiger partial charge >= 0.3 is 0 Å². The van der Waals surface area contributed by atoms with Gasteiger partial charge in [0.1, 0.15) is 0 Å². The van der Waals surface area contributed by atoms with Crippen molar-refractivity contribution in [2.75, 3.05) is 0 Å². The molecule has 1 aromatic heterocycles. The highest BCUT2D eigenvalue weighted by Crippen LogP contribution is 2.06. The summed E-state index contributed by atoms with van der Waals surface area (Å²) in [5, 5.41) is 5.63. The molecule has 0 bridgehead atoms. The quantitative estimate of drug-likeness (QED) is 0.523. The van der Waals surface area contributed by atoms with Crippen molar-refractivity contribution < 1.29 is 18.1 Å². The third-order valence-corrected chi connectivity index (χ3v) is 2.06. The molecule has 0 saturated heterocycles. The van der Waals surface area contributed by atoms with E-state index in [1.165, 1.54) is 4.88 Å². The molecular weight excluding hydrogens is 200 g/mol. The highest BCUT2D eigenvalue weighted by atomic mass is 35.5. The molecule has 1 rings (SSSR count). The fourth-order valence-electron chi connectivity index (χ4n) is 0.599. The van der Waals surface area contributed by atoms with Crippen LogP contribution in [0.15, 0.2) is 17.5 Å². The zero-order valence-electron chi connectivity index (χ0n) is 5.84. The van der Waals surface area contributed by atoms with Gasteiger partial charge in [-0.25, -0.2) is 0 Å². The van der Waals surface area contributed by atoms with Crippen molar-refractivity contribution in [3.63, 3.8) is 0 Å². The molecule has 1 aromatic rings. The van der Waals surface area contributed by atoms with E-state index < -0.39 is 0 Å². The Morgan fingerprint density at radius 3 is 2.91 bits per heavy atom. The molecule has 2 nitrogen and oxygen atoms in total. The van der Waals surface area contributed by atoms with Crippen LogP contribution in [0.4, 0.5) is 0 Å². The van der Waals surface area contributed by atoms with Crippen molar-refractivity contribution in [1.82, 2.24) is 5.32 Å². The standard InChI is InChI=1S/C6H8N2S2.ClH/c7-6(9)8-4-5-2-1-3-10-5;/h1-3H,4H2,(H3,7,8,9);1H. The highest BCUT2D eigenvalue weighted by Gasteiger charge is 1.93. The van der Waals surface area contributed by atoms with E-state index in [1.54, 1.807) is 11.3 Å². The Balaban J connectivity index is 0.000001000. The van der Waals surface area contributed by atoms with Crippen molar-refractivity contribution in [1.29, 1.82) is 0 Å². The second kappa shape index (κ2) is 5.49. The van der Waals surface area contributed by atoms with Crippen LogP contribution in [0.5, 0.6) is 0 Å². The molecule has 0 amide bonds. The predicted molar refractivity (Wildman–Crippen MR) is 46.6 cm³/mol. The Morgan fingerprint density at radius 2 is 2.45 bits per heavy atom. The van der Waals surface area contributed by atoms with Crippen LogP contribution in [0.3, 0.4) is 0 Å². The lowest BCUT2D eigenvalue weighted by atomic mass is 10.5. The van der Waals surface area contributed by atoms with Gasteiger partial charge in [-0.3, -0.25) is 0 Å². The number of nitrogens with one attached hydrogen (secondary N) is 1. The zero-order valence-corrected chi connectivity index (χ0v) is 8.23. The molecule has 0 aliphatic heterocycles. The number of thiophene rings is 1. The van der Waals surface area contributed by atoms with Crippen LogP contribution >= 0.6 is 23.6 Å². The number of hydrogen-bond acceptors (Lipinski definition) is 2. The van der Waals surface area contributed by atoms with E-state index in [-0.39, 0.29) is 12.4 Å². The zero-order chi connectivity index (χ0) is 7.40. The first kappa shape index (κ1) is 10.8. The van der Waals surface area contributed by atoms with E-state index in [9.17, 15) is 0 Å². The maximum Gasteiger partial charge on any atom is 0.265 e. The Labute approximate surface area is 81.2 Å². The van der Waals surface area contributed by atoms with E-state index in [0.29, 0.717) is 5.11 Å². The van der Waals surface area contributed by atoms with Crippen molar-refractivity contribution in [2.45, 2.75) is 6.54 Å². The minimum atomic E-state index is 0. The Kier molecular flexibility index (Phi) is 5.41. The number of rotatable bonds is 2. The predicted octanol–water partition coefficient (Wildman–Crippen LogP) is -2.63. The average Bonchev–Trinajstić information content (AvgIpc) is 2.34. The fourth-order valence-corrected chi connectivity index (χ4v) is 1.32. The first-order valence-electron chi connectivity index (χ1n) is 2.91. The molecule has 1 heterocycles. The van der Waals surface area contributed by atoms with Crippen LogP contribution in [0.2, 0.25) is 0 Å². The van der Waals surface area contributed by atoms with Crippen molar-refractivity contribution in [3.8, 4) is 0 Å². The van der Waals surface area contributed by atoms with Gasteiger partial charge in [-0.1, -0.05) is 6.07 Å². The Hall–Kier alpha value is -0.160. The van der Waals surface area contributed by atoms with Crippen LogP contribution in [-0.2, 0) is 6.54 Å². The normalized spacial score (nSPS) is 8.45. The summed E-state index contributed by atoms with van der Waals surface area (Å²) >= 11 is 6.47. The summed E-state index contributed by atoms with van der Waals surface area (Å²) in [6.07, 6.45) is 0. The molecule has 11 heavy (non-hydrogen) atoms. The summed E-state index contributed by atoms with van der Waals surface area (Å²) in [5.41, 5.74) is 3.56. The van der Waals surface area contributed by atoms with E-state index >= 15 is 0 Å². The maximum absolute atomic E-state index is 4.75. The van der Waals surface area contributed by atoms with Gasteiger partial charge in [0.2, 0.25) is 0 Å². The molecule has 0 fully saturated rings. The van der Waals surface area contributed by atoms with Gasteiger partial charge in [-0.15, -0.1) is 11.3 Å². The van der Waals surface area contributed by atoms with Crippen molar-refractivity contribution >= 4 is 28.7 Å². The molecule has 0 atom stereocenters. The summed E-state index contributed by atoms with van der Waals surface area (Å²) in [6.45, 7) is 0.806. The number of halogens is 1. The van der Waals surface area contributed by atoms with E-state index in [1.807, 2.05) is 11.4 Å². The lowest BCUT2D eigenvalue weighted by Crippen LogP contribution is -3.00. The van der Waals surface area contributed by atoms with E-state index in [0.717, 1.165) is 6.54 Å². The summed E-state index contributed by atoms with van der Waals surface area (Å²) in [5.74, 6) is 0. The smallest absolute Gasteiger partial charge is 0.265 e. The topological polar surface area (TPSA) is 39.7 Å². The van der Waals surface area contributed by atoms with Gasteiger partial charge < -0.3 is 23.5 Å². The third kappa shape index (κ3) is 4.31. The van der Waals surface area contributed by atoms with Crippen LogP contribution in [-0.4, -0.2) is 5.11 Å². The van der Waals surface area contributed by atoms with Crippen LogP contribution in [0.1, 0.15) is 4.88 Å². The van der Waals surface area contributed by atoms with E-state index in [4.69, 9.17) is 12.2 Å². The molecule has 0 unspecified atom stereocenters. The number of thiocarbonyl (C=S) groups is 1. The van der Waals surface area contributed by atoms with Gasteiger partial charge in [0.25, 0.3) is 5.11 Å². The van der Waals surface area contributed by atoms with Crippen LogP contribution < -0.4 is 23.5 Å².